The molecule has 2 rings (SSSR count). The van der Waals surface area contributed by atoms with E-state index >= 15 is 0 Å². The number of benzene rings is 2. The van der Waals surface area contributed by atoms with Crippen LogP contribution in [0.2, 0.25) is 0 Å². The first-order chi connectivity index (χ1) is 9.62. The fourth-order valence-corrected chi connectivity index (χ4v) is 2.79. The predicted octanol–water partition coefficient (Wildman–Crippen LogP) is 3.72. The maximum atomic E-state index is 13.3. The van der Waals surface area contributed by atoms with E-state index < -0.39 is 0 Å². The molecule has 0 fully saturated rings. The quantitative estimate of drug-likeness (QED) is 0.674. The summed E-state index contributed by atoms with van der Waals surface area (Å²) in [6, 6.07) is 10.1. The van der Waals surface area contributed by atoms with Gasteiger partial charge in [-0.15, -0.1) is 11.8 Å². The van der Waals surface area contributed by atoms with Gasteiger partial charge >= 0.3 is 0 Å². The van der Waals surface area contributed by atoms with Crippen LogP contribution in [0.5, 0.6) is 11.5 Å². The van der Waals surface area contributed by atoms with Gasteiger partial charge < -0.3 is 15.2 Å². The Morgan fingerprint density at radius 2 is 1.90 bits per heavy atom. The molecular formula is C15H16FNO2S. The number of anilines is 1. The lowest BCUT2D eigenvalue weighted by molar-refractivity contribution is 0.400. The van der Waals surface area contributed by atoms with Gasteiger partial charge in [-0.1, -0.05) is 0 Å². The summed E-state index contributed by atoms with van der Waals surface area (Å²) >= 11 is 1.50. The molecule has 2 N–H and O–H groups in total. The lowest BCUT2D eigenvalue weighted by atomic mass is 10.2. The summed E-state index contributed by atoms with van der Waals surface area (Å²) in [5.41, 5.74) is 7.04. The van der Waals surface area contributed by atoms with Crippen LogP contribution in [0.15, 0.2) is 41.3 Å². The average Bonchev–Trinajstić information content (AvgIpc) is 2.43. The van der Waals surface area contributed by atoms with E-state index in [1.807, 2.05) is 18.2 Å². The molecule has 5 heteroatoms. The zero-order valence-electron chi connectivity index (χ0n) is 11.4. The topological polar surface area (TPSA) is 44.5 Å². The van der Waals surface area contributed by atoms with E-state index in [9.17, 15) is 4.39 Å². The van der Waals surface area contributed by atoms with Crippen molar-refractivity contribution in [1.82, 2.24) is 0 Å². The van der Waals surface area contributed by atoms with Crippen LogP contribution < -0.4 is 15.2 Å². The molecule has 2 aromatic carbocycles. The molecule has 0 aromatic heterocycles. The van der Waals surface area contributed by atoms with Crippen molar-refractivity contribution in [3.05, 3.63) is 47.8 Å². The molecule has 0 aliphatic rings. The Hall–Kier alpha value is -1.88. The Bertz CT molecular complexity index is 584. The number of nitrogens with two attached hydrogens (primary N) is 1. The zero-order chi connectivity index (χ0) is 14.5. The second-order valence-corrected chi connectivity index (χ2v) is 5.24. The molecule has 0 spiro atoms. The molecule has 0 atom stereocenters. The summed E-state index contributed by atoms with van der Waals surface area (Å²) in [5.74, 6) is 1.86. The molecule has 3 nitrogen and oxygen atoms in total. The number of methoxy groups -OCH3 is 2. The lowest BCUT2D eigenvalue weighted by Crippen LogP contribution is -1.93. The third-order valence-electron chi connectivity index (χ3n) is 2.78. The number of ether oxygens (including phenoxy) is 2. The summed E-state index contributed by atoms with van der Waals surface area (Å²) in [6.07, 6.45) is 0. The number of thioether (sulfide) groups is 1. The van der Waals surface area contributed by atoms with E-state index in [2.05, 4.69) is 0 Å². The van der Waals surface area contributed by atoms with E-state index in [4.69, 9.17) is 15.2 Å². The zero-order valence-corrected chi connectivity index (χ0v) is 12.2. The maximum absolute atomic E-state index is 13.3. The van der Waals surface area contributed by atoms with Crippen molar-refractivity contribution >= 4 is 17.4 Å². The molecule has 0 aliphatic carbocycles. The molecule has 0 saturated heterocycles. The molecule has 0 bridgehead atoms. The SMILES string of the molecule is COc1ccc(OC)c(CSc2cc(N)cc(F)c2)c1. The molecule has 0 heterocycles. The summed E-state index contributed by atoms with van der Waals surface area (Å²) in [6.45, 7) is 0. The van der Waals surface area contributed by atoms with Gasteiger partial charge in [0.05, 0.1) is 14.2 Å². The average molecular weight is 293 g/mol. The fourth-order valence-electron chi connectivity index (χ4n) is 1.82. The number of halogens is 1. The number of nitrogen functional groups attached to an aromatic ring is 1. The molecule has 0 saturated carbocycles. The van der Waals surface area contributed by atoms with Crippen LogP contribution in [-0.4, -0.2) is 14.2 Å². The first-order valence-electron chi connectivity index (χ1n) is 6.02. The van der Waals surface area contributed by atoms with Gasteiger partial charge in [0.15, 0.2) is 0 Å². The van der Waals surface area contributed by atoms with E-state index in [-0.39, 0.29) is 5.82 Å². The van der Waals surface area contributed by atoms with Crippen LogP contribution in [-0.2, 0) is 5.75 Å². The van der Waals surface area contributed by atoms with E-state index in [0.29, 0.717) is 11.4 Å². The second kappa shape index (κ2) is 6.52. The highest BCUT2D eigenvalue weighted by Crippen LogP contribution is 2.31. The Labute approximate surface area is 121 Å². The van der Waals surface area contributed by atoms with Gasteiger partial charge in [-0.3, -0.25) is 0 Å². The van der Waals surface area contributed by atoms with Crippen LogP contribution >= 0.6 is 11.8 Å². The Morgan fingerprint density at radius 3 is 2.55 bits per heavy atom. The first kappa shape index (κ1) is 14.5. The molecule has 0 radical (unpaired) electrons. The normalized spacial score (nSPS) is 10.3. The van der Waals surface area contributed by atoms with Gasteiger partial charge in [-0.05, 0) is 36.4 Å². The van der Waals surface area contributed by atoms with Crippen molar-refractivity contribution in [2.45, 2.75) is 10.6 Å². The molecule has 20 heavy (non-hydrogen) atoms. The van der Waals surface area contributed by atoms with Crippen LogP contribution in [0.4, 0.5) is 10.1 Å². The van der Waals surface area contributed by atoms with Gasteiger partial charge in [-0.2, -0.15) is 0 Å². The second-order valence-electron chi connectivity index (χ2n) is 4.19. The number of rotatable bonds is 5. The molecular weight excluding hydrogens is 277 g/mol. The third kappa shape index (κ3) is 3.57. The van der Waals surface area contributed by atoms with E-state index in [0.717, 1.165) is 22.0 Å². The van der Waals surface area contributed by atoms with Crippen LogP contribution in [0.1, 0.15) is 5.56 Å². The highest BCUT2D eigenvalue weighted by atomic mass is 32.2. The van der Waals surface area contributed by atoms with Gasteiger partial charge in [-0.25, -0.2) is 4.39 Å². The van der Waals surface area contributed by atoms with Gasteiger partial charge in [0.2, 0.25) is 0 Å². The lowest BCUT2D eigenvalue weighted by Gasteiger charge is -2.10. The highest BCUT2D eigenvalue weighted by molar-refractivity contribution is 7.98. The monoisotopic (exact) mass is 293 g/mol. The van der Waals surface area contributed by atoms with Crippen LogP contribution in [0, 0.1) is 5.82 Å². The Morgan fingerprint density at radius 1 is 1.10 bits per heavy atom. The summed E-state index contributed by atoms with van der Waals surface area (Å²) in [4.78, 5) is 0.785. The van der Waals surface area contributed by atoms with Crippen molar-refractivity contribution in [1.29, 1.82) is 0 Å². The Kier molecular flexibility index (Phi) is 4.74. The van der Waals surface area contributed by atoms with Gasteiger partial charge in [0.1, 0.15) is 17.3 Å². The van der Waals surface area contributed by atoms with Crippen LogP contribution in [0.25, 0.3) is 0 Å². The van der Waals surface area contributed by atoms with E-state index in [1.54, 1.807) is 20.3 Å². The smallest absolute Gasteiger partial charge is 0.126 e. The molecule has 0 unspecified atom stereocenters. The van der Waals surface area contributed by atoms with Crippen molar-refractivity contribution in [3.8, 4) is 11.5 Å². The minimum atomic E-state index is -0.329. The summed E-state index contributed by atoms with van der Waals surface area (Å²) < 4.78 is 23.8. The Balaban J connectivity index is 2.17. The van der Waals surface area contributed by atoms with Crippen LogP contribution in [0.3, 0.4) is 0 Å². The molecule has 106 valence electrons. The van der Waals surface area contributed by atoms with Crippen molar-refractivity contribution in [3.63, 3.8) is 0 Å². The highest BCUT2D eigenvalue weighted by Gasteiger charge is 2.07. The predicted molar refractivity (Wildman–Crippen MR) is 79.9 cm³/mol. The standard InChI is InChI=1S/C15H16FNO2S/c1-18-13-3-4-15(19-2)10(5-13)9-20-14-7-11(16)6-12(17)8-14/h3-8H,9,17H2,1-2H3. The first-order valence-corrected chi connectivity index (χ1v) is 7.00. The largest absolute Gasteiger partial charge is 0.497 e. The van der Waals surface area contributed by atoms with Crippen molar-refractivity contribution < 1.29 is 13.9 Å². The summed E-state index contributed by atoms with van der Waals surface area (Å²) in [7, 11) is 3.24. The third-order valence-corrected chi connectivity index (χ3v) is 3.80. The molecule has 0 aliphatic heterocycles. The molecule has 2 aromatic rings. The van der Waals surface area contributed by atoms with Crippen molar-refractivity contribution in [2.75, 3.05) is 20.0 Å². The maximum Gasteiger partial charge on any atom is 0.126 e. The summed E-state index contributed by atoms with van der Waals surface area (Å²) in [5, 5.41) is 0. The van der Waals surface area contributed by atoms with Gasteiger partial charge in [0.25, 0.3) is 0 Å². The van der Waals surface area contributed by atoms with Crippen molar-refractivity contribution in [2.24, 2.45) is 0 Å². The van der Waals surface area contributed by atoms with E-state index in [1.165, 1.54) is 23.9 Å². The minimum Gasteiger partial charge on any atom is -0.497 e. The molecule has 0 amide bonds. The van der Waals surface area contributed by atoms with Gasteiger partial charge in [0, 0.05) is 21.9 Å². The minimum absolute atomic E-state index is 0.329. The number of hydrogen-bond donors (Lipinski definition) is 1. The fraction of sp³-hybridized carbons (Fsp3) is 0.200. The number of hydrogen-bond acceptors (Lipinski definition) is 4.